The van der Waals surface area contributed by atoms with Gasteiger partial charge >= 0.3 is 5.69 Å². The minimum Gasteiger partial charge on any atom is -0.272 e. The van der Waals surface area contributed by atoms with Crippen LogP contribution in [0, 0.1) is 0 Å². The second-order valence-electron chi connectivity index (χ2n) is 9.60. The Kier molecular flexibility index (Phi) is 6.70. The lowest BCUT2D eigenvalue weighted by Crippen LogP contribution is -2.49. The zero-order chi connectivity index (χ0) is 27.0. The van der Waals surface area contributed by atoms with Crippen molar-refractivity contribution in [3.05, 3.63) is 142 Å². The van der Waals surface area contributed by atoms with Gasteiger partial charge < -0.3 is 0 Å². The minimum atomic E-state index is -1.34. The van der Waals surface area contributed by atoms with Crippen LogP contribution in [0.25, 0.3) is 0 Å². The van der Waals surface area contributed by atoms with Crippen LogP contribution >= 0.6 is 16.0 Å². The van der Waals surface area contributed by atoms with E-state index in [1.165, 1.54) is 0 Å². The molecule has 0 bridgehead atoms. The predicted molar refractivity (Wildman–Crippen MR) is 166 cm³/mol. The number of aromatic nitrogens is 2. The second-order valence-corrected chi connectivity index (χ2v) is 13.8. The number of fused-ring (bicyclic) bond motifs is 1. The van der Waals surface area contributed by atoms with E-state index in [1.54, 1.807) is 4.34 Å². The Labute approximate surface area is 229 Å². The summed E-state index contributed by atoms with van der Waals surface area (Å²) in [5, 5.41) is 4.29. The van der Waals surface area contributed by atoms with Crippen molar-refractivity contribution in [1.29, 1.82) is 0 Å². The van der Waals surface area contributed by atoms with Crippen LogP contribution in [0.5, 0.6) is 0 Å². The number of aliphatic imine (C=N–C) groups is 1. The lowest BCUT2D eigenvalue weighted by atomic mass is 10.4. The molecule has 5 aromatic rings. The molecule has 0 unspecified atom stereocenters. The first-order valence-electron chi connectivity index (χ1n) is 12.6. The fraction of sp³-hybridized carbons (Fsp3) is 0.0645. The predicted octanol–water partition coefficient (Wildman–Crippen LogP) is 4.13. The van der Waals surface area contributed by atoms with E-state index in [2.05, 4.69) is 29.2 Å². The molecule has 0 fully saturated rings. The molecule has 1 aromatic heterocycles. The highest BCUT2D eigenvalue weighted by atomic mass is 31.1. The molecule has 0 saturated heterocycles. The monoisotopic (exact) mass is 549 g/mol. The molecule has 4 aromatic carbocycles. The lowest BCUT2D eigenvalue weighted by Gasteiger charge is -2.33. The van der Waals surface area contributed by atoms with E-state index < -0.39 is 27.2 Å². The van der Waals surface area contributed by atoms with Crippen molar-refractivity contribution in [2.24, 2.45) is 4.99 Å². The van der Waals surface area contributed by atoms with Gasteiger partial charge in [-0.3, -0.25) is 9.78 Å². The first kappa shape index (κ1) is 25.3. The third-order valence-corrected chi connectivity index (χ3v) is 11.7. The Morgan fingerprint density at radius 2 is 1.05 bits per heavy atom. The Balaban J connectivity index is 1.61. The number of rotatable bonds is 6. The summed E-state index contributed by atoms with van der Waals surface area (Å²) in [7, 11) is 1.64. The van der Waals surface area contributed by atoms with Crippen molar-refractivity contribution < 1.29 is 0 Å². The van der Waals surface area contributed by atoms with Gasteiger partial charge in [0.1, 0.15) is 0 Å². The average molecular weight is 550 g/mol. The third kappa shape index (κ3) is 4.51. The van der Waals surface area contributed by atoms with E-state index in [4.69, 9.17) is 4.99 Å². The molecular formula is C31H27N4O2P2+. The Bertz CT molecular complexity index is 1690. The number of hydrogen-bond acceptors (Lipinski definition) is 3. The van der Waals surface area contributed by atoms with E-state index in [0.717, 1.165) is 26.8 Å². The van der Waals surface area contributed by atoms with E-state index >= 15 is 0 Å². The van der Waals surface area contributed by atoms with E-state index in [0.29, 0.717) is 11.5 Å². The van der Waals surface area contributed by atoms with Crippen molar-refractivity contribution in [2.75, 3.05) is 14.1 Å². The third-order valence-electron chi connectivity index (χ3n) is 6.71. The first-order chi connectivity index (χ1) is 19.0. The van der Waals surface area contributed by atoms with Gasteiger partial charge in [0, 0.05) is 10.6 Å². The molecule has 0 amide bonds. The molecule has 6 rings (SSSR count). The van der Waals surface area contributed by atoms with Gasteiger partial charge in [0.2, 0.25) is 11.3 Å². The topological polar surface area (TPSA) is 67.2 Å². The molecule has 8 heteroatoms. The smallest absolute Gasteiger partial charge is 0.272 e. The summed E-state index contributed by atoms with van der Waals surface area (Å²) < 4.78 is 1.99. The highest BCUT2D eigenvalue weighted by molar-refractivity contribution is 7.88. The van der Waals surface area contributed by atoms with Crippen LogP contribution < -0.4 is 37.0 Å². The maximum atomic E-state index is 13.8. The molecule has 192 valence electrons. The molecule has 1 aliphatic heterocycles. The second kappa shape index (κ2) is 10.3. The molecule has 2 heterocycles. The largest absolute Gasteiger partial charge is 0.336 e. The highest BCUT2D eigenvalue weighted by Gasteiger charge is 2.47. The van der Waals surface area contributed by atoms with Crippen molar-refractivity contribution in [1.82, 2.24) is 13.8 Å². The molecule has 0 aliphatic carbocycles. The zero-order valence-corrected chi connectivity index (χ0v) is 23.4. The number of nitrogens with one attached hydrogen (secondary N) is 1. The Morgan fingerprint density at radius 3 is 1.49 bits per heavy atom. The normalized spacial score (nSPS) is 13.9. The molecule has 39 heavy (non-hydrogen) atoms. The summed E-state index contributed by atoms with van der Waals surface area (Å²) >= 11 is 0. The summed E-state index contributed by atoms with van der Waals surface area (Å²) in [6, 6.07) is 40.6. The molecule has 1 aliphatic rings. The standard InChI is InChI=1S/C31H26N4O2P2/c1-35(2)29-27(32-31(35)38(23-15-7-3-8-16-23)24-17-9-4-10-18-24)28(36)33-30(37)34(29)39(25-19-11-5-12-20-25)26-21-13-6-14-22-26/h3-22H,1-2H3/p+1. The van der Waals surface area contributed by atoms with Gasteiger partial charge in [-0.05, 0) is 10.6 Å². The van der Waals surface area contributed by atoms with Crippen LogP contribution in [0.15, 0.2) is 136 Å². The maximum Gasteiger partial charge on any atom is 0.336 e. The number of hydrogen-bond donors (Lipinski definition) is 1. The fourth-order valence-corrected chi connectivity index (χ4v) is 9.87. The molecular weight excluding hydrogens is 522 g/mol. The minimum absolute atomic E-state index is 0.197. The van der Waals surface area contributed by atoms with Crippen LogP contribution in [-0.4, -0.2) is 29.0 Å². The molecule has 6 nitrogen and oxygen atoms in total. The number of aromatic amines is 1. The van der Waals surface area contributed by atoms with Crippen LogP contribution in [0.2, 0.25) is 0 Å². The van der Waals surface area contributed by atoms with Crippen molar-refractivity contribution in [3.8, 4) is 0 Å². The van der Waals surface area contributed by atoms with Crippen LogP contribution in [-0.2, 0) is 0 Å². The molecule has 0 saturated carbocycles. The molecule has 0 atom stereocenters. The summed E-state index contributed by atoms with van der Waals surface area (Å²) in [4.78, 5) is 34.7. The van der Waals surface area contributed by atoms with Crippen molar-refractivity contribution in [2.45, 2.75) is 0 Å². The Morgan fingerprint density at radius 1 is 0.641 bits per heavy atom. The van der Waals surface area contributed by atoms with Gasteiger partial charge in [-0.2, -0.15) is 4.99 Å². The summed E-state index contributed by atoms with van der Waals surface area (Å²) in [6.45, 7) is 0. The van der Waals surface area contributed by atoms with Crippen LogP contribution in [0.1, 0.15) is 0 Å². The van der Waals surface area contributed by atoms with Gasteiger partial charge in [0.05, 0.1) is 30.1 Å². The number of quaternary nitrogens is 1. The van der Waals surface area contributed by atoms with E-state index in [1.807, 2.05) is 111 Å². The van der Waals surface area contributed by atoms with Gasteiger partial charge in [-0.1, -0.05) is 121 Å². The van der Waals surface area contributed by atoms with Gasteiger partial charge in [-0.15, -0.1) is 0 Å². The van der Waals surface area contributed by atoms with Gasteiger partial charge in [0.15, 0.2) is 0 Å². The zero-order valence-electron chi connectivity index (χ0n) is 21.6. The summed E-state index contributed by atoms with van der Waals surface area (Å²) in [5.41, 5.74) is 0.259. The van der Waals surface area contributed by atoms with Crippen molar-refractivity contribution in [3.63, 3.8) is 0 Å². The number of amidine groups is 1. The van der Waals surface area contributed by atoms with E-state index in [-0.39, 0.29) is 4.48 Å². The molecule has 0 spiro atoms. The summed E-state index contributed by atoms with van der Waals surface area (Å²) in [6.07, 6.45) is 0. The lowest BCUT2D eigenvalue weighted by molar-refractivity contribution is 0.590. The Hall–Kier alpha value is -3.95. The van der Waals surface area contributed by atoms with Gasteiger partial charge in [0.25, 0.3) is 11.4 Å². The number of nitrogens with zero attached hydrogens (tertiary/aromatic N) is 3. The first-order valence-corrected chi connectivity index (χ1v) is 15.2. The summed E-state index contributed by atoms with van der Waals surface area (Å²) in [5.74, 6) is 0.608. The fourth-order valence-electron chi connectivity index (χ4n) is 4.97. The van der Waals surface area contributed by atoms with Crippen LogP contribution in [0.3, 0.4) is 0 Å². The van der Waals surface area contributed by atoms with Crippen LogP contribution in [0.4, 0.5) is 11.5 Å². The van der Waals surface area contributed by atoms with E-state index in [9.17, 15) is 9.59 Å². The SMILES string of the molecule is C[N+]1(C)C(P(c2ccccc2)c2ccccc2)=Nc2c1n(P(c1ccccc1)c1ccccc1)c(=O)[nH]c2=O. The average Bonchev–Trinajstić information content (AvgIpc) is 3.24. The van der Waals surface area contributed by atoms with Gasteiger partial charge in [-0.25, -0.2) is 13.6 Å². The quantitative estimate of drug-likeness (QED) is 0.256. The molecule has 1 N–H and O–H groups in total. The number of benzene rings is 4. The molecule has 0 radical (unpaired) electrons. The maximum absolute atomic E-state index is 13.8. The highest BCUT2D eigenvalue weighted by Crippen LogP contribution is 2.50. The number of H-pyrrole nitrogens is 1. The van der Waals surface area contributed by atoms with Crippen molar-refractivity contribution >= 4 is 54.3 Å².